The van der Waals surface area contributed by atoms with Crippen molar-refractivity contribution < 1.29 is 18.8 Å². The first-order valence-electron chi connectivity index (χ1n) is 8.65. The van der Waals surface area contributed by atoms with Crippen LogP contribution in [-0.4, -0.2) is 30.3 Å². The van der Waals surface area contributed by atoms with Crippen molar-refractivity contribution in [2.75, 3.05) is 19.5 Å². The first kappa shape index (κ1) is 17.1. The number of amides is 1. The van der Waals surface area contributed by atoms with Crippen molar-refractivity contribution in [1.29, 1.82) is 0 Å². The molecular formula is C20H19N3O4. The van der Waals surface area contributed by atoms with Crippen molar-refractivity contribution in [2.24, 2.45) is 0 Å². The number of hydrogen-bond acceptors (Lipinski definition) is 6. The molecule has 7 nitrogen and oxygen atoms in total. The predicted octanol–water partition coefficient (Wildman–Crippen LogP) is 3.88. The molecule has 1 fully saturated rings. The molecule has 0 radical (unpaired) electrons. The van der Waals surface area contributed by atoms with Crippen molar-refractivity contribution in [1.82, 2.24) is 10.1 Å². The summed E-state index contributed by atoms with van der Waals surface area (Å²) in [5.74, 6) is 2.59. The molecule has 1 heterocycles. The summed E-state index contributed by atoms with van der Waals surface area (Å²) in [5, 5.41) is 6.86. The number of carbonyl (C=O) groups is 1. The van der Waals surface area contributed by atoms with Crippen molar-refractivity contribution in [3.8, 4) is 22.9 Å². The SMILES string of the molecule is COc1ccc(NC(=O)c2ccc(-c3noc(C4CC4)n3)cc2)cc1OC. The van der Waals surface area contributed by atoms with Crippen molar-refractivity contribution >= 4 is 11.6 Å². The smallest absolute Gasteiger partial charge is 0.255 e. The van der Waals surface area contributed by atoms with Gasteiger partial charge in [0.15, 0.2) is 11.5 Å². The predicted molar refractivity (Wildman–Crippen MR) is 99.2 cm³/mol. The summed E-state index contributed by atoms with van der Waals surface area (Å²) < 4.78 is 15.7. The van der Waals surface area contributed by atoms with Crippen LogP contribution in [0.25, 0.3) is 11.4 Å². The number of ether oxygens (including phenoxy) is 2. The molecule has 1 aliphatic carbocycles. The maximum atomic E-state index is 12.5. The van der Waals surface area contributed by atoms with Gasteiger partial charge >= 0.3 is 0 Å². The number of anilines is 1. The lowest BCUT2D eigenvalue weighted by molar-refractivity contribution is 0.102. The second-order valence-electron chi connectivity index (χ2n) is 6.33. The van der Waals surface area contributed by atoms with Gasteiger partial charge in [0.25, 0.3) is 5.91 Å². The first-order chi connectivity index (χ1) is 13.2. The number of aromatic nitrogens is 2. The van der Waals surface area contributed by atoms with E-state index in [0.29, 0.717) is 40.4 Å². The number of carbonyl (C=O) groups excluding carboxylic acids is 1. The zero-order valence-corrected chi connectivity index (χ0v) is 15.1. The van der Waals surface area contributed by atoms with Crippen LogP contribution in [0.1, 0.15) is 35.0 Å². The number of nitrogens with one attached hydrogen (secondary N) is 1. The Labute approximate surface area is 156 Å². The van der Waals surface area contributed by atoms with Gasteiger partial charge in [0.2, 0.25) is 11.7 Å². The van der Waals surface area contributed by atoms with Gasteiger partial charge in [0.05, 0.1) is 14.2 Å². The van der Waals surface area contributed by atoms with E-state index in [1.54, 1.807) is 44.6 Å². The Morgan fingerprint density at radius 2 is 1.81 bits per heavy atom. The average Bonchev–Trinajstić information content (AvgIpc) is 3.44. The zero-order valence-electron chi connectivity index (χ0n) is 15.1. The van der Waals surface area contributed by atoms with Crippen LogP contribution in [0.3, 0.4) is 0 Å². The van der Waals surface area contributed by atoms with Crippen LogP contribution < -0.4 is 14.8 Å². The highest BCUT2D eigenvalue weighted by molar-refractivity contribution is 6.04. The molecule has 1 aliphatic rings. The normalized spacial score (nSPS) is 13.3. The molecule has 0 atom stereocenters. The number of rotatable bonds is 6. The van der Waals surface area contributed by atoms with Gasteiger partial charge in [-0.1, -0.05) is 17.3 Å². The molecule has 27 heavy (non-hydrogen) atoms. The molecule has 138 valence electrons. The summed E-state index contributed by atoms with van der Waals surface area (Å²) in [4.78, 5) is 16.9. The molecule has 4 rings (SSSR count). The summed E-state index contributed by atoms with van der Waals surface area (Å²) in [6.45, 7) is 0. The lowest BCUT2D eigenvalue weighted by Gasteiger charge is -2.10. The largest absolute Gasteiger partial charge is 0.493 e. The van der Waals surface area contributed by atoms with Gasteiger partial charge in [0, 0.05) is 28.8 Å². The van der Waals surface area contributed by atoms with Crippen LogP contribution in [-0.2, 0) is 0 Å². The van der Waals surface area contributed by atoms with Crippen LogP contribution in [0, 0.1) is 0 Å². The van der Waals surface area contributed by atoms with E-state index in [2.05, 4.69) is 15.5 Å². The Morgan fingerprint density at radius 1 is 1.07 bits per heavy atom. The van der Waals surface area contributed by atoms with E-state index in [4.69, 9.17) is 14.0 Å². The summed E-state index contributed by atoms with van der Waals surface area (Å²) in [5.41, 5.74) is 1.96. The maximum Gasteiger partial charge on any atom is 0.255 e. The van der Waals surface area contributed by atoms with Crippen LogP contribution in [0.15, 0.2) is 47.0 Å². The fraction of sp³-hybridized carbons (Fsp3) is 0.250. The Bertz CT molecular complexity index is 962. The van der Waals surface area contributed by atoms with Gasteiger partial charge in [-0.05, 0) is 37.1 Å². The van der Waals surface area contributed by atoms with Crippen LogP contribution in [0.5, 0.6) is 11.5 Å². The quantitative estimate of drug-likeness (QED) is 0.713. The van der Waals surface area contributed by atoms with E-state index >= 15 is 0 Å². The Hall–Kier alpha value is -3.35. The molecule has 7 heteroatoms. The Balaban J connectivity index is 1.47. The lowest BCUT2D eigenvalue weighted by atomic mass is 10.1. The molecule has 0 aliphatic heterocycles. The van der Waals surface area contributed by atoms with Gasteiger partial charge in [-0.2, -0.15) is 4.98 Å². The zero-order chi connectivity index (χ0) is 18.8. The number of benzene rings is 2. The molecule has 1 amide bonds. The number of methoxy groups -OCH3 is 2. The number of hydrogen-bond donors (Lipinski definition) is 1. The average molecular weight is 365 g/mol. The van der Waals surface area contributed by atoms with Crippen molar-refractivity contribution in [3.05, 3.63) is 53.9 Å². The third-order valence-corrected chi connectivity index (χ3v) is 4.42. The van der Waals surface area contributed by atoms with E-state index in [1.807, 2.05) is 12.1 Å². The third-order valence-electron chi connectivity index (χ3n) is 4.42. The van der Waals surface area contributed by atoms with Crippen molar-refractivity contribution in [2.45, 2.75) is 18.8 Å². The summed E-state index contributed by atoms with van der Waals surface area (Å²) >= 11 is 0. The summed E-state index contributed by atoms with van der Waals surface area (Å²) in [6.07, 6.45) is 2.22. The minimum Gasteiger partial charge on any atom is -0.493 e. The van der Waals surface area contributed by atoms with Crippen LogP contribution in [0.4, 0.5) is 5.69 Å². The van der Waals surface area contributed by atoms with E-state index in [9.17, 15) is 4.79 Å². The minimum absolute atomic E-state index is 0.222. The maximum absolute atomic E-state index is 12.5. The molecule has 1 N–H and O–H groups in total. The molecule has 3 aromatic rings. The lowest BCUT2D eigenvalue weighted by Crippen LogP contribution is -2.11. The van der Waals surface area contributed by atoms with Gasteiger partial charge < -0.3 is 19.3 Å². The second-order valence-corrected chi connectivity index (χ2v) is 6.33. The highest BCUT2D eigenvalue weighted by Crippen LogP contribution is 2.39. The summed E-state index contributed by atoms with van der Waals surface area (Å²) in [7, 11) is 3.11. The van der Waals surface area contributed by atoms with Gasteiger partial charge in [0.1, 0.15) is 0 Å². The van der Waals surface area contributed by atoms with Crippen LogP contribution >= 0.6 is 0 Å². The van der Waals surface area contributed by atoms with Gasteiger partial charge in [-0.3, -0.25) is 4.79 Å². The summed E-state index contributed by atoms with van der Waals surface area (Å²) in [6, 6.07) is 12.3. The number of nitrogens with zero attached hydrogens (tertiary/aromatic N) is 2. The molecule has 0 bridgehead atoms. The highest BCUT2D eigenvalue weighted by Gasteiger charge is 2.29. The monoisotopic (exact) mass is 365 g/mol. The standard InChI is InChI=1S/C20H19N3O4/c1-25-16-10-9-15(11-17(16)26-2)21-19(24)13-5-3-12(4-6-13)18-22-20(27-23-18)14-7-8-14/h3-6,9-11,14H,7-8H2,1-2H3,(H,21,24). The fourth-order valence-electron chi connectivity index (χ4n) is 2.74. The molecule has 1 saturated carbocycles. The second kappa shape index (κ2) is 7.11. The molecule has 2 aromatic carbocycles. The van der Waals surface area contributed by atoms with E-state index in [1.165, 1.54) is 0 Å². The Morgan fingerprint density at radius 3 is 2.48 bits per heavy atom. The third kappa shape index (κ3) is 3.62. The topological polar surface area (TPSA) is 86.5 Å². The fourth-order valence-corrected chi connectivity index (χ4v) is 2.74. The highest BCUT2D eigenvalue weighted by atomic mass is 16.5. The van der Waals surface area contributed by atoms with Crippen molar-refractivity contribution in [3.63, 3.8) is 0 Å². The minimum atomic E-state index is -0.222. The first-order valence-corrected chi connectivity index (χ1v) is 8.65. The van der Waals surface area contributed by atoms with E-state index in [-0.39, 0.29) is 5.91 Å². The molecular weight excluding hydrogens is 346 g/mol. The molecule has 0 unspecified atom stereocenters. The molecule has 0 saturated heterocycles. The Kier molecular flexibility index (Phi) is 4.50. The molecule has 0 spiro atoms. The van der Waals surface area contributed by atoms with Crippen LogP contribution in [0.2, 0.25) is 0 Å². The van der Waals surface area contributed by atoms with Gasteiger partial charge in [-0.25, -0.2) is 0 Å². The van der Waals surface area contributed by atoms with Gasteiger partial charge in [-0.15, -0.1) is 0 Å². The van der Waals surface area contributed by atoms with E-state index < -0.39 is 0 Å². The van der Waals surface area contributed by atoms with E-state index in [0.717, 1.165) is 18.4 Å². The molecule has 1 aromatic heterocycles.